The molecule has 0 aliphatic rings. The van der Waals surface area contributed by atoms with Crippen molar-refractivity contribution in [2.24, 2.45) is 0 Å². The number of aryl methyl sites for hydroxylation is 1. The summed E-state index contributed by atoms with van der Waals surface area (Å²) in [6.45, 7) is 2.89. The zero-order chi connectivity index (χ0) is 15.9. The molecule has 1 unspecified atom stereocenters. The Balaban J connectivity index is 2.00. The van der Waals surface area contributed by atoms with Gasteiger partial charge >= 0.3 is 0 Å². The van der Waals surface area contributed by atoms with E-state index in [1.54, 1.807) is 14.2 Å². The predicted molar refractivity (Wildman–Crippen MR) is 90.6 cm³/mol. The minimum Gasteiger partial charge on any atom is -0.496 e. The summed E-state index contributed by atoms with van der Waals surface area (Å²) >= 11 is 6.08. The Morgan fingerprint density at radius 3 is 2.45 bits per heavy atom. The Morgan fingerprint density at radius 2 is 1.82 bits per heavy atom. The molecule has 22 heavy (non-hydrogen) atoms. The molecule has 0 spiro atoms. The zero-order valence-corrected chi connectivity index (χ0v) is 14.0. The van der Waals surface area contributed by atoms with Crippen molar-refractivity contribution in [1.82, 2.24) is 5.32 Å². The van der Waals surface area contributed by atoms with E-state index in [1.165, 1.54) is 11.1 Å². The fraction of sp³-hybridized carbons (Fsp3) is 0.333. The van der Waals surface area contributed by atoms with E-state index in [-0.39, 0.29) is 6.23 Å². The smallest absolute Gasteiger partial charge is 0.137 e. The second kappa shape index (κ2) is 8.18. The van der Waals surface area contributed by atoms with Gasteiger partial charge in [0.05, 0.1) is 7.11 Å². The number of hydrogen-bond acceptors (Lipinski definition) is 3. The van der Waals surface area contributed by atoms with Crippen molar-refractivity contribution in [2.45, 2.75) is 19.6 Å². The fourth-order valence-electron chi connectivity index (χ4n) is 2.33. The summed E-state index contributed by atoms with van der Waals surface area (Å²) in [5.74, 6) is 0.763. The molecular formula is C18H22ClNO2. The summed E-state index contributed by atoms with van der Waals surface area (Å²) in [6.07, 6.45) is 0.683. The third-order valence-electron chi connectivity index (χ3n) is 3.57. The number of nitrogens with one attached hydrogen (secondary N) is 1. The van der Waals surface area contributed by atoms with Crippen LogP contribution in [0.5, 0.6) is 5.75 Å². The van der Waals surface area contributed by atoms with Crippen molar-refractivity contribution in [3.8, 4) is 5.75 Å². The Morgan fingerprint density at radius 1 is 1.09 bits per heavy atom. The lowest BCUT2D eigenvalue weighted by atomic mass is 10.1. The molecule has 0 aromatic heterocycles. The van der Waals surface area contributed by atoms with Gasteiger partial charge in [-0.05, 0) is 37.1 Å². The molecule has 1 N–H and O–H groups in total. The minimum atomic E-state index is -0.251. The van der Waals surface area contributed by atoms with Crippen molar-refractivity contribution in [3.63, 3.8) is 0 Å². The van der Waals surface area contributed by atoms with Crippen LogP contribution in [0, 0.1) is 6.92 Å². The van der Waals surface area contributed by atoms with Crippen LogP contribution in [0.4, 0.5) is 0 Å². The molecule has 0 fully saturated rings. The van der Waals surface area contributed by atoms with Crippen LogP contribution < -0.4 is 10.1 Å². The average Bonchev–Trinajstić information content (AvgIpc) is 2.53. The zero-order valence-electron chi connectivity index (χ0n) is 13.2. The molecule has 3 nitrogen and oxygen atoms in total. The molecule has 0 heterocycles. The maximum Gasteiger partial charge on any atom is 0.137 e. The molecule has 2 aromatic carbocycles. The first-order valence-electron chi connectivity index (χ1n) is 7.29. The highest BCUT2D eigenvalue weighted by Gasteiger charge is 2.15. The van der Waals surface area contributed by atoms with Gasteiger partial charge in [0, 0.05) is 24.2 Å². The number of benzene rings is 2. The van der Waals surface area contributed by atoms with E-state index in [1.807, 2.05) is 18.2 Å². The van der Waals surface area contributed by atoms with Gasteiger partial charge in [-0.3, -0.25) is 5.32 Å². The lowest BCUT2D eigenvalue weighted by Gasteiger charge is -2.20. The van der Waals surface area contributed by atoms with Crippen LogP contribution in [0.2, 0.25) is 5.02 Å². The van der Waals surface area contributed by atoms with Crippen LogP contribution in [0.25, 0.3) is 0 Å². The molecule has 118 valence electrons. The third-order valence-corrected chi connectivity index (χ3v) is 3.81. The lowest BCUT2D eigenvalue weighted by molar-refractivity contribution is 0.0721. The molecule has 0 bridgehead atoms. The SMILES string of the molecule is COc1ccc(Cl)cc1C(NCCc1ccc(C)cc1)OC. The van der Waals surface area contributed by atoms with Crippen LogP contribution >= 0.6 is 11.6 Å². The van der Waals surface area contributed by atoms with Crippen LogP contribution in [0.1, 0.15) is 22.9 Å². The van der Waals surface area contributed by atoms with E-state index in [0.717, 1.165) is 24.3 Å². The monoisotopic (exact) mass is 319 g/mol. The molecule has 0 radical (unpaired) electrons. The Bertz CT molecular complexity index is 599. The number of hydrogen-bond donors (Lipinski definition) is 1. The molecule has 0 aliphatic heterocycles. The molecule has 0 aliphatic carbocycles. The van der Waals surface area contributed by atoms with Crippen molar-refractivity contribution < 1.29 is 9.47 Å². The highest BCUT2D eigenvalue weighted by Crippen LogP contribution is 2.28. The molecule has 2 aromatic rings. The van der Waals surface area contributed by atoms with Crippen LogP contribution in [-0.2, 0) is 11.2 Å². The molecule has 2 rings (SSSR count). The Hall–Kier alpha value is -1.55. The van der Waals surface area contributed by atoms with Crippen molar-refractivity contribution in [1.29, 1.82) is 0 Å². The molecular weight excluding hydrogens is 298 g/mol. The van der Waals surface area contributed by atoms with Gasteiger partial charge in [0.1, 0.15) is 12.0 Å². The largest absolute Gasteiger partial charge is 0.496 e. The number of halogens is 1. The van der Waals surface area contributed by atoms with Gasteiger partial charge in [-0.15, -0.1) is 0 Å². The van der Waals surface area contributed by atoms with E-state index >= 15 is 0 Å². The number of methoxy groups -OCH3 is 2. The molecule has 0 amide bonds. The fourth-order valence-corrected chi connectivity index (χ4v) is 2.51. The first-order valence-corrected chi connectivity index (χ1v) is 7.67. The van der Waals surface area contributed by atoms with Gasteiger partial charge in [-0.25, -0.2) is 0 Å². The molecule has 0 saturated heterocycles. The van der Waals surface area contributed by atoms with Crippen molar-refractivity contribution >= 4 is 11.6 Å². The van der Waals surface area contributed by atoms with Gasteiger partial charge in [-0.2, -0.15) is 0 Å². The topological polar surface area (TPSA) is 30.5 Å². The highest BCUT2D eigenvalue weighted by molar-refractivity contribution is 6.30. The quantitative estimate of drug-likeness (QED) is 0.778. The van der Waals surface area contributed by atoms with Gasteiger partial charge in [-0.1, -0.05) is 41.4 Å². The normalized spacial score (nSPS) is 12.2. The molecule has 4 heteroatoms. The van der Waals surface area contributed by atoms with E-state index < -0.39 is 0 Å². The summed E-state index contributed by atoms with van der Waals surface area (Å²) in [4.78, 5) is 0. The second-order valence-electron chi connectivity index (χ2n) is 5.19. The highest BCUT2D eigenvalue weighted by atomic mass is 35.5. The van der Waals surface area contributed by atoms with Gasteiger partial charge in [0.2, 0.25) is 0 Å². The van der Waals surface area contributed by atoms with Gasteiger partial charge < -0.3 is 9.47 Å². The Kier molecular flexibility index (Phi) is 6.25. The average molecular weight is 320 g/mol. The summed E-state index contributed by atoms with van der Waals surface area (Å²) in [5.41, 5.74) is 3.47. The first kappa shape index (κ1) is 16.8. The molecule has 0 saturated carbocycles. The summed E-state index contributed by atoms with van der Waals surface area (Å²) in [7, 11) is 3.32. The van der Waals surface area contributed by atoms with Crippen LogP contribution in [0.15, 0.2) is 42.5 Å². The third kappa shape index (κ3) is 4.47. The predicted octanol–water partition coefficient (Wildman–Crippen LogP) is 4.13. The number of ether oxygens (including phenoxy) is 2. The molecule has 1 atom stereocenters. The summed E-state index contributed by atoms with van der Waals surface area (Å²) < 4.78 is 10.9. The van der Waals surface area contributed by atoms with E-state index in [9.17, 15) is 0 Å². The van der Waals surface area contributed by atoms with Crippen LogP contribution in [-0.4, -0.2) is 20.8 Å². The standard InChI is InChI=1S/C18H22ClNO2/c1-13-4-6-14(7-5-13)10-11-20-18(22-3)16-12-15(19)8-9-17(16)21-2/h4-9,12,18,20H,10-11H2,1-3H3. The minimum absolute atomic E-state index is 0.251. The maximum absolute atomic E-state index is 6.08. The van der Waals surface area contributed by atoms with Gasteiger partial charge in [0.15, 0.2) is 0 Å². The lowest BCUT2D eigenvalue weighted by Crippen LogP contribution is -2.25. The summed E-state index contributed by atoms with van der Waals surface area (Å²) in [5, 5.41) is 4.05. The number of rotatable bonds is 7. The Labute approximate surface area is 137 Å². The van der Waals surface area contributed by atoms with E-state index in [0.29, 0.717) is 5.02 Å². The maximum atomic E-state index is 6.08. The first-order chi connectivity index (χ1) is 10.6. The van der Waals surface area contributed by atoms with E-state index in [4.69, 9.17) is 21.1 Å². The van der Waals surface area contributed by atoms with Crippen molar-refractivity contribution in [3.05, 3.63) is 64.2 Å². The van der Waals surface area contributed by atoms with Crippen molar-refractivity contribution in [2.75, 3.05) is 20.8 Å². The van der Waals surface area contributed by atoms with Gasteiger partial charge in [0.25, 0.3) is 0 Å². The van der Waals surface area contributed by atoms with E-state index in [2.05, 4.69) is 36.5 Å². The van der Waals surface area contributed by atoms with Crippen LogP contribution in [0.3, 0.4) is 0 Å². The second-order valence-corrected chi connectivity index (χ2v) is 5.63. The summed E-state index contributed by atoms with van der Waals surface area (Å²) in [6, 6.07) is 14.1.